The first kappa shape index (κ1) is 14.0. The number of pyridine rings is 1. The predicted molar refractivity (Wildman–Crippen MR) is 71.5 cm³/mol. The van der Waals surface area contributed by atoms with E-state index in [0.717, 1.165) is 0 Å². The molecule has 1 aromatic rings. The number of likely N-dealkylation sites (tertiary alicyclic amines) is 1. The molecule has 0 spiro atoms. The van der Waals surface area contributed by atoms with Crippen LogP contribution >= 0.6 is 0 Å². The van der Waals surface area contributed by atoms with E-state index in [4.69, 9.17) is 5.26 Å². The largest absolute Gasteiger partial charge is 0.349 e. The summed E-state index contributed by atoms with van der Waals surface area (Å²) in [6.07, 6.45) is 4.50. The maximum Gasteiger partial charge on any atom is 0.253 e. The maximum atomic E-state index is 12.0. The van der Waals surface area contributed by atoms with Gasteiger partial charge in [0.15, 0.2) is 0 Å². The lowest BCUT2D eigenvalue weighted by Crippen LogP contribution is -2.46. The topological polar surface area (TPSA) is 86.1 Å². The second-order valence-corrected chi connectivity index (χ2v) is 4.71. The molecule has 6 nitrogen and oxygen atoms in total. The number of rotatable bonds is 3. The fraction of sp³-hybridized carbons (Fsp3) is 0.429. The highest BCUT2D eigenvalue weighted by Crippen LogP contribution is 2.12. The molecule has 104 valence electrons. The van der Waals surface area contributed by atoms with Gasteiger partial charge in [0.1, 0.15) is 6.42 Å². The van der Waals surface area contributed by atoms with Gasteiger partial charge in [-0.1, -0.05) is 0 Å². The lowest BCUT2D eigenvalue weighted by molar-refractivity contribution is -0.131. The van der Waals surface area contributed by atoms with E-state index in [0.29, 0.717) is 31.5 Å². The summed E-state index contributed by atoms with van der Waals surface area (Å²) in [7, 11) is 0. The van der Waals surface area contributed by atoms with Crippen LogP contribution in [0.15, 0.2) is 24.5 Å². The molecular weight excluding hydrogens is 256 g/mol. The van der Waals surface area contributed by atoms with Crippen molar-refractivity contribution in [2.45, 2.75) is 25.3 Å². The molecule has 2 heterocycles. The van der Waals surface area contributed by atoms with E-state index in [1.807, 2.05) is 6.07 Å². The van der Waals surface area contributed by atoms with Crippen molar-refractivity contribution in [2.75, 3.05) is 13.1 Å². The van der Waals surface area contributed by atoms with Gasteiger partial charge in [0.2, 0.25) is 5.91 Å². The van der Waals surface area contributed by atoms with Gasteiger partial charge in [0.25, 0.3) is 5.91 Å². The van der Waals surface area contributed by atoms with Crippen molar-refractivity contribution in [1.82, 2.24) is 15.2 Å². The summed E-state index contributed by atoms with van der Waals surface area (Å²) in [5.74, 6) is -0.274. The lowest BCUT2D eigenvalue weighted by atomic mass is 10.0. The molecule has 2 amide bonds. The van der Waals surface area contributed by atoms with Crippen LogP contribution in [0.25, 0.3) is 0 Å². The first-order valence-corrected chi connectivity index (χ1v) is 6.56. The van der Waals surface area contributed by atoms with Gasteiger partial charge in [-0.2, -0.15) is 5.26 Å². The van der Waals surface area contributed by atoms with Crippen LogP contribution in [0.5, 0.6) is 0 Å². The summed E-state index contributed by atoms with van der Waals surface area (Å²) in [5, 5.41) is 11.4. The Morgan fingerprint density at radius 1 is 1.45 bits per heavy atom. The Bertz CT molecular complexity index is 516. The Labute approximate surface area is 117 Å². The average molecular weight is 272 g/mol. The summed E-state index contributed by atoms with van der Waals surface area (Å²) in [5.41, 5.74) is 0.537. The van der Waals surface area contributed by atoms with Crippen LogP contribution in [0.2, 0.25) is 0 Å². The Hall–Kier alpha value is -2.42. The van der Waals surface area contributed by atoms with E-state index in [2.05, 4.69) is 10.3 Å². The molecule has 20 heavy (non-hydrogen) atoms. The molecular formula is C14H16N4O2. The zero-order valence-corrected chi connectivity index (χ0v) is 11.1. The molecule has 2 rings (SSSR count). The summed E-state index contributed by atoms with van der Waals surface area (Å²) in [4.78, 5) is 29.1. The minimum absolute atomic E-state index is 0.0637. The summed E-state index contributed by atoms with van der Waals surface area (Å²) in [6.45, 7) is 1.16. The highest BCUT2D eigenvalue weighted by Gasteiger charge is 2.23. The summed E-state index contributed by atoms with van der Waals surface area (Å²) >= 11 is 0. The Kier molecular flexibility index (Phi) is 4.66. The third-order valence-electron chi connectivity index (χ3n) is 3.34. The lowest BCUT2D eigenvalue weighted by Gasteiger charge is -2.32. The van der Waals surface area contributed by atoms with Crippen molar-refractivity contribution >= 4 is 11.8 Å². The van der Waals surface area contributed by atoms with E-state index in [1.165, 1.54) is 6.20 Å². The first-order valence-electron chi connectivity index (χ1n) is 6.56. The van der Waals surface area contributed by atoms with Crippen LogP contribution in [-0.4, -0.2) is 40.8 Å². The summed E-state index contributed by atoms with van der Waals surface area (Å²) in [6, 6.07) is 5.36. The molecule has 0 bridgehead atoms. The van der Waals surface area contributed by atoms with Gasteiger partial charge >= 0.3 is 0 Å². The van der Waals surface area contributed by atoms with Crippen LogP contribution in [0.1, 0.15) is 29.6 Å². The third kappa shape index (κ3) is 3.54. The quantitative estimate of drug-likeness (QED) is 0.878. The second-order valence-electron chi connectivity index (χ2n) is 4.71. The van der Waals surface area contributed by atoms with Crippen molar-refractivity contribution < 1.29 is 9.59 Å². The van der Waals surface area contributed by atoms with Gasteiger partial charge in [-0.25, -0.2) is 0 Å². The zero-order valence-electron chi connectivity index (χ0n) is 11.1. The Balaban J connectivity index is 1.82. The zero-order chi connectivity index (χ0) is 14.4. The van der Waals surface area contributed by atoms with Crippen LogP contribution in [-0.2, 0) is 4.79 Å². The fourth-order valence-electron chi connectivity index (χ4n) is 2.22. The standard InChI is InChI=1S/C14H16N4O2/c15-6-3-13(19)18-8-4-12(5-9-18)17-14(20)11-2-1-7-16-10-11/h1-2,7,10,12H,3-5,8-9H2,(H,17,20). The SMILES string of the molecule is N#CCC(=O)N1CCC(NC(=O)c2cccnc2)CC1. The Morgan fingerprint density at radius 3 is 2.80 bits per heavy atom. The van der Waals surface area contributed by atoms with Crippen LogP contribution in [0.4, 0.5) is 0 Å². The highest BCUT2D eigenvalue weighted by atomic mass is 16.2. The molecule has 0 atom stereocenters. The molecule has 1 N–H and O–H groups in total. The maximum absolute atomic E-state index is 12.0. The minimum atomic E-state index is -0.139. The molecule has 1 fully saturated rings. The molecule has 0 radical (unpaired) electrons. The van der Waals surface area contributed by atoms with Crippen molar-refractivity contribution in [3.63, 3.8) is 0 Å². The van der Waals surface area contributed by atoms with E-state index < -0.39 is 0 Å². The molecule has 0 saturated carbocycles. The molecule has 6 heteroatoms. The molecule has 0 aliphatic carbocycles. The Morgan fingerprint density at radius 2 is 2.20 bits per heavy atom. The predicted octanol–water partition coefficient (Wildman–Crippen LogP) is 0.716. The number of nitrogens with one attached hydrogen (secondary N) is 1. The normalized spacial score (nSPS) is 15.4. The number of hydrogen-bond acceptors (Lipinski definition) is 4. The first-order chi connectivity index (χ1) is 9.70. The second kappa shape index (κ2) is 6.66. The molecule has 1 aromatic heterocycles. The molecule has 1 aliphatic rings. The van der Waals surface area contributed by atoms with Crippen LogP contribution < -0.4 is 5.32 Å². The highest BCUT2D eigenvalue weighted by molar-refractivity contribution is 5.94. The van der Waals surface area contributed by atoms with E-state index in [9.17, 15) is 9.59 Å². The number of piperidine rings is 1. The van der Waals surface area contributed by atoms with Gasteiger partial charge in [-0.15, -0.1) is 0 Å². The molecule has 0 unspecified atom stereocenters. The number of carbonyl (C=O) groups is 2. The van der Waals surface area contributed by atoms with Crippen molar-refractivity contribution in [3.05, 3.63) is 30.1 Å². The number of nitrogens with zero attached hydrogens (tertiary/aromatic N) is 3. The number of amides is 2. The molecule has 0 aromatic carbocycles. The van der Waals surface area contributed by atoms with Crippen LogP contribution in [0.3, 0.4) is 0 Å². The number of carbonyl (C=O) groups excluding carboxylic acids is 2. The van der Waals surface area contributed by atoms with E-state index in [-0.39, 0.29) is 24.3 Å². The van der Waals surface area contributed by atoms with E-state index >= 15 is 0 Å². The van der Waals surface area contributed by atoms with Crippen molar-refractivity contribution in [3.8, 4) is 6.07 Å². The molecule has 1 aliphatic heterocycles. The van der Waals surface area contributed by atoms with Gasteiger partial charge in [0, 0.05) is 31.5 Å². The van der Waals surface area contributed by atoms with Crippen molar-refractivity contribution in [2.24, 2.45) is 0 Å². The third-order valence-corrected chi connectivity index (χ3v) is 3.34. The number of aromatic nitrogens is 1. The van der Waals surface area contributed by atoms with Gasteiger partial charge in [0.05, 0.1) is 11.6 Å². The van der Waals surface area contributed by atoms with Gasteiger partial charge < -0.3 is 10.2 Å². The van der Waals surface area contributed by atoms with Crippen LogP contribution in [0, 0.1) is 11.3 Å². The smallest absolute Gasteiger partial charge is 0.253 e. The number of hydrogen-bond donors (Lipinski definition) is 1. The molecule has 1 saturated heterocycles. The van der Waals surface area contributed by atoms with Gasteiger partial charge in [-0.3, -0.25) is 14.6 Å². The monoisotopic (exact) mass is 272 g/mol. The van der Waals surface area contributed by atoms with Crippen molar-refractivity contribution in [1.29, 1.82) is 5.26 Å². The minimum Gasteiger partial charge on any atom is -0.349 e. The number of nitriles is 1. The summed E-state index contributed by atoms with van der Waals surface area (Å²) < 4.78 is 0. The van der Waals surface area contributed by atoms with Gasteiger partial charge in [-0.05, 0) is 25.0 Å². The average Bonchev–Trinajstić information content (AvgIpc) is 2.49. The fourth-order valence-corrected chi connectivity index (χ4v) is 2.22. The van der Waals surface area contributed by atoms with E-state index in [1.54, 1.807) is 23.2 Å².